The van der Waals surface area contributed by atoms with Crippen LogP contribution >= 0.6 is 0 Å². The summed E-state index contributed by atoms with van der Waals surface area (Å²) in [5.41, 5.74) is 3.23. The van der Waals surface area contributed by atoms with Crippen LogP contribution in [0.1, 0.15) is 5.56 Å². The number of anilines is 2. The number of rotatable bonds is 2. The number of benzene rings is 2. The lowest BCUT2D eigenvalue weighted by molar-refractivity contribution is 0.174. The fourth-order valence-corrected chi connectivity index (χ4v) is 2.75. The Labute approximate surface area is 122 Å². The topological polar surface area (TPSA) is 33.7 Å². The summed E-state index contributed by atoms with van der Waals surface area (Å²) in [6.45, 7) is 2.78. The van der Waals surface area contributed by atoms with Crippen molar-refractivity contribution < 1.29 is 13.9 Å². The minimum Gasteiger partial charge on any atom is -0.454 e. The summed E-state index contributed by atoms with van der Waals surface area (Å²) in [7, 11) is 0. The molecule has 5 heteroatoms. The Balaban J connectivity index is 1.65. The molecule has 4 rings (SSSR count). The van der Waals surface area contributed by atoms with Gasteiger partial charge >= 0.3 is 0 Å². The van der Waals surface area contributed by atoms with Gasteiger partial charge in [-0.25, -0.2) is 4.39 Å². The van der Waals surface area contributed by atoms with Crippen LogP contribution in [0, 0.1) is 5.82 Å². The maximum Gasteiger partial charge on any atom is 0.231 e. The first-order valence-electron chi connectivity index (χ1n) is 6.96. The van der Waals surface area contributed by atoms with E-state index in [9.17, 15) is 4.39 Å². The van der Waals surface area contributed by atoms with E-state index in [1.807, 2.05) is 24.3 Å². The molecule has 0 aromatic heterocycles. The second-order valence-corrected chi connectivity index (χ2v) is 5.20. The minimum atomic E-state index is -0.206. The maximum atomic E-state index is 13.0. The fourth-order valence-electron chi connectivity index (χ4n) is 2.75. The van der Waals surface area contributed by atoms with Gasteiger partial charge in [0.2, 0.25) is 6.79 Å². The first kappa shape index (κ1) is 12.3. The third kappa shape index (κ3) is 2.24. The molecule has 0 aliphatic carbocycles. The summed E-state index contributed by atoms with van der Waals surface area (Å²) in [5.74, 6) is 1.36. The highest BCUT2D eigenvalue weighted by molar-refractivity contribution is 5.77. The maximum absolute atomic E-state index is 13.0. The van der Waals surface area contributed by atoms with Crippen molar-refractivity contribution in [2.24, 2.45) is 0 Å². The summed E-state index contributed by atoms with van der Waals surface area (Å²) in [6.07, 6.45) is 0. The van der Waals surface area contributed by atoms with Crippen molar-refractivity contribution >= 4 is 11.4 Å². The van der Waals surface area contributed by atoms with Gasteiger partial charge in [-0.3, -0.25) is 0 Å². The first-order chi connectivity index (χ1) is 10.3. The van der Waals surface area contributed by atoms with E-state index < -0.39 is 0 Å². The third-order valence-corrected chi connectivity index (χ3v) is 3.82. The van der Waals surface area contributed by atoms with Gasteiger partial charge in [0.25, 0.3) is 0 Å². The fraction of sp³-hybridized carbons (Fsp3) is 0.250. The predicted molar refractivity (Wildman–Crippen MR) is 78.5 cm³/mol. The molecule has 2 aromatic rings. The largest absolute Gasteiger partial charge is 0.454 e. The number of hydrogen-bond donors (Lipinski definition) is 1. The smallest absolute Gasteiger partial charge is 0.231 e. The molecule has 4 nitrogen and oxygen atoms in total. The van der Waals surface area contributed by atoms with E-state index in [1.165, 1.54) is 12.1 Å². The van der Waals surface area contributed by atoms with Gasteiger partial charge in [-0.15, -0.1) is 0 Å². The SMILES string of the molecule is Fc1ccc(CN2CCNc3cc4c(cc32)OCO4)cc1. The van der Waals surface area contributed by atoms with E-state index in [2.05, 4.69) is 10.2 Å². The Morgan fingerprint density at radius 3 is 2.67 bits per heavy atom. The second kappa shape index (κ2) is 4.84. The van der Waals surface area contributed by atoms with E-state index in [-0.39, 0.29) is 12.6 Å². The number of halogens is 1. The summed E-state index contributed by atoms with van der Waals surface area (Å²) < 4.78 is 23.9. The molecule has 2 aliphatic rings. The Kier molecular flexibility index (Phi) is 2.84. The molecule has 2 heterocycles. The molecule has 0 saturated carbocycles. The third-order valence-electron chi connectivity index (χ3n) is 3.82. The minimum absolute atomic E-state index is 0.206. The Hall–Kier alpha value is -2.43. The van der Waals surface area contributed by atoms with Gasteiger partial charge in [0.15, 0.2) is 11.5 Å². The molecular weight excluding hydrogens is 271 g/mol. The van der Waals surface area contributed by atoms with Gasteiger partial charge in [0, 0.05) is 31.8 Å². The molecule has 2 aromatic carbocycles. The zero-order valence-corrected chi connectivity index (χ0v) is 11.4. The van der Waals surface area contributed by atoms with Crippen LogP contribution in [0.5, 0.6) is 11.5 Å². The quantitative estimate of drug-likeness (QED) is 0.920. The van der Waals surface area contributed by atoms with Crippen molar-refractivity contribution in [1.29, 1.82) is 0 Å². The molecule has 108 valence electrons. The lowest BCUT2D eigenvalue weighted by Crippen LogP contribution is -2.33. The highest BCUT2D eigenvalue weighted by atomic mass is 19.1. The lowest BCUT2D eigenvalue weighted by Gasteiger charge is -2.32. The highest BCUT2D eigenvalue weighted by Gasteiger charge is 2.23. The van der Waals surface area contributed by atoms with E-state index in [1.54, 1.807) is 0 Å². The monoisotopic (exact) mass is 286 g/mol. The highest BCUT2D eigenvalue weighted by Crippen LogP contribution is 2.42. The zero-order valence-electron chi connectivity index (χ0n) is 11.4. The van der Waals surface area contributed by atoms with Crippen LogP contribution in [0.3, 0.4) is 0 Å². The molecule has 21 heavy (non-hydrogen) atoms. The van der Waals surface area contributed by atoms with Crippen LogP contribution in [0.25, 0.3) is 0 Å². The predicted octanol–water partition coefficient (Wildman–Crippen LogP) is 2.99. The Bertz CT molecular complexity index is 673. The molecule has 0 saturated heterocycles. The standard InChI is InChI=1S/C16H15FN2O2/c17-12-3-1-11(2-4-12)9-19-6-5-18-13-7-15-16(8-14(13)19)21-10-20-15/h1-4,7-8,18H,5-6,9-10H2. The molecule has 0 radical (unpaired) electrons. The van der Waals surface area contributed by atoms with E-state index in [0.29, 0.717) is 0 Å². The van der Waals surface area contributed by atoms with Gasteiger partial charge in [0.1, 0.15) is 5.82 Å². The van der Waals surface area contributed by atoms with Crippen molar-refractivity contribution in [3.8, 4) is 11.5 Å². The van der Waals surface area contributed by atoms with Gasteiger partial charge in [-0.05, 0) is 17.7 Å². The van der Waals surface area contributed by atoms with Crippen LogP contribution in [-0.4, -0.2) is 19.9 Å². The summed E-state index contributed by atoms with van der Waals surface area (Å²) >= 11 is 0. The van der Waals surface area contributed by atoms with Crippen molar-refractivity contribution in [2.75, 3.05) is 30.1 Å². The Morgan fingerprint density at radius 1 is 1.10 bits per heavy atom. The molecule has 0 unspecified atom stereocenters. The van der Waals surface area contributed by atoms with Gasteiger partial charge in [-0.1, -0.05) is 12.1 Å². The van der Waals surface area contributed by atoms with E-state index >= 15 is 0 Å². The van der Waals surface area contributed by atoms with Crippen LogP contribution in [0.4, 0.5) is 15.8 Å². The Morgan fingerprint density at radius 2 is 1.86 bits per heavy atom. The molecular formula is C16H15FN2O2. The van der Waals surface area contributed by atoms with Crippen LogP contribution in [0.15, 0.2) is 36.4 Å². The van der Waals surface area contributed by atoms with Gasteiger partial charge < -0.3 is 19.7 Å². The molecule has 0 fully saturated rings. The van der Waals surface area contributed by atoms with Crippen LogP contribution < -0.4 is 19.7 Å². The van der Waals surface area contributed by atoms with Gasteiger partial charge in [-0.2, -0.15) is 0 Å². The second-order valence-electron chi connectivity index (χ2n) is 5.20. The van der Waals surface area contributed by atoms with Crippen LogP contribution in [-0.2, 0) is 6.54 Å². The molecule has 1 N–H and O–H groups in total. The summed E-state index contributed by atoms with van der Waals surface area (Å²) in [6, 6.07) is 10.6. The van der Waals surface area contributed by atoms with E-state index in [0.717, 1.165) is 48.1 Å². The average Bonchev–Trinajstić information content (AvgIpc) is 2.95. The van der Waals surface area contributed by atoms with Crippen molar-refractivity contribution in [3.63, 3.8) is 0 Å². The number of hydrogen-bond acceptors (Lipinski definition) is 4. The summed E-state index contributed by atoms with van der Waals surface area (Å²) in [5, 5.41) is 3.38. The van der Waals surface area contributed by atoms with Crippen molar-refractivity contribution in [2.45, 2.75) is 6.54 Å². The normalized spacial score (nSPS) is 15.6. The molecule has 2 aliphatic heterocycles. The number of nitrogens with one attached hydrogen (secondary N) is 1. The zero-order chi connectivity index (χ0) is 14.2. The van der Waals surface area contributed by atoms with E-state index in [4.69, 9.17) is 9.47 Å². The number of fused-ring (bicyclic) bond motifs is 2. The molecule has 0 amide bonds. The van der Waals surface area contributed by atoms with Crippen molar-refractivity contribution in [3.05, 3.63) is 47.8 Å². The van der Waals surface area contributed by atoms with Crippen molar-refractivity contribution in [1.82, 2.24) is 0 Å². The lowest BCUT2D eigenvalue weighted by atomic mass is 10.1. The van der Waals surface area contributed by atoms with Crippen LogP contribution in [0.2, 0.25) is 0 Å². The average molecular weight is 286 g/mol. The first-order valence-corrected chi connectivity index (χ1v) is 6.96. The molecule has 0 atom stereocenters. The number of ether oxygens (including phenoxy) is 2. The molecule has 0 bridgehead atoms. The van der Waals surface area contributed by atoms with Gasteiger partial charge in [0.05, 0.1) is 11.4 Å². The summed E-state index contributed by atoms with van der Waals surface area (Å²) in [4.78, 5) is 2.26. The molecule has 0 spiro atoms. The number of nitrogens with zero attached hydrogens (tertiary/aromatic N) is 1.